The number of anilines is 1. The third kappa shape index (κ3) is 4.00. The summed E-state index contributed by atoms with van der Waals surface area (Å²) in [5.41, 5.74) is 9.07. The highest BCUT2D eigenvalue weighted by molar-refractivity contribution is 7.80. The fourth-order valence-electron chi connectivity index (χ4n) is 1.96. The highest BCUT2D eigenvalue weighted by atomic mass is 32.1. The summed E-state index contributed by atoms with van der Waals surface area (Å²) in [7, 11) is 2.14. The van der Waals surface area contributed by atoms with Crippen LogP contribution >= 0.6 is 12.2 Å². The second-order valence-corrected chi connectivity index (χ2v) is 4.93. The Balaban J connectivity index is 2.74. The van der Waals surface area contributed by atoms with Crippen LogP contribution in [0.1, 0.15) is 37.3 Å². The lowest BCUT2D eigenvalue weighted by Crippen LogP contribution is -2.20. The molecule has 0 atom stereocenters. The van der Waals surface area contributed by atoms with E-state index in [1.165, 1.54) is 30.5 Å². The number of thiocarbonyl (C=S) groups is 1. The smallest absolute Gasteiger partial charge is 0.103 e. The molecule has 94 valence electrons. The monoisotopic (exact) mass is 250 g/mol. The molecule has 2 N–H and O–H groups in total. The van der Waals surface area contributed by atoms with Gasteiger partial charge in [-0.05, 0) is 37.1 Å². The van der Waals surface area contributed by atoms with Crippen molar-refractivity contribution >= 4 is 22.9 Å². The van der Waals surface area contributed by atoms with Gasteiger partial charge in [-0.1, -0.05) is 32.0 Å². The summed E-state index contributed by atoms with van der Waals surface area (Å²) in [5, 5.41) is 0. The van der Waals surface area contributed by atoms with Crippen molar-refractivity contribution in [3.05, 3.63) is 29.3 Å². The lowest BCUT2D eigenvalue weighted by Gasteiger charge is -2.21. The number of unbranched alkanes of at least 4 members (excludes halogenated alkanes) is 2. The van der Waals surface area contributed by atoms with E-state index < -0.39 is 0 Å². The maximum absolute atomic E-state index is 5.62. The van der Waals surface area contributed by atoms with Crippen LogP contribution in [0.15, 0.2) is 18.2 Å². The van der Waals surface area contributed by atoms with Gasteiger partial charge in [0, 0.05) is 24.8 Å². The van der Waals surface area contributed by atoms with Crippen molar-refractivity contribution in [1.29, 1.82) is 0 Å². The summed E-state index contributed by atoms with van der Waals surface area (Å²) >= 11 is 4.98. The minimum Gasteiger partial charge on any atom is -0.389 e. The Morgan fingerprint density at radius 1 is 1.35 bits per heavy atom. The molecule has 0 aliphatic rings. The molecule has 0 heterocycles. The van der Waals surface area contributed by atoms with Crippen LogP contribution in [-0.4, -0.2) is 18.6 Å². The minimum atomic E-state index is 0.466. The van der Waals surface area contributed by atoms with Gasteiger partial charge in [0.2, 0.25) is 0 Å². The average Bonchev–Trinajstić information content (AvgIpc) is 2.28. The van der Waals surface area contributed by atoms with Gasteiger partial charge in [-0.15, -0.1) is 0 Å². The Kier molecular flexibility index (Phi) is 5.42. The standard InChI is InChI=1S/C14H22N2S/c1-4-5-6-9-16(3)13-8-7-12(14(15)17)10-11(13)2/h7-8,10H,4-6,9H2,1-3H3,(H2,15,17). The van der Waals surface area contributed by atoms with E-state index >= 15 is 0 Å². The SMILES string of the molecule is CCCCCN(C)c1ccc(C(N)=S)cc1C. The van der Waals surface area contributed by atoms with Gasteiger partial charge in [0.05, 0.1) is 0 Å². The Bertz CT molecular complexity index is 388. The second kappa shape index (κ2) is 6.60. The molecule has 17 heavy (non-hydrogen) atoms. The van der Waals surface area contributed by atoms with Crippen LogP contribution < -0.4 is 10.6 Å². The van der Waals surface area contributed by atoms with Gasteiger partial charge in [-0.3, -0.25) is 0 Å². The van der Waals surface area contributed by atoms with Gasteiger partial charge < -0.3 is 10.6 Å². The van der Waals surface area contributed by atoms with E-state index in [-0.39, 0.29) is 0 Å². The molecular formula is C14H22N2S. The molecule has 0 aliphatic carbocycles. The molecule has 1 aromatic rings. The van der Waals surface area contributed by atoms with Crippen molar-refractivity contribution in [3.8, 4) is 0 Å². The minimum absolute atomic E-state index is 0.466. The van der Waals surface area contributed by atoms with E-state index in [4.69, 9.17) is 18.0 Å². The molecule has 0 aliphatic heterocycles. The Hall–Kier alpha value is -1.09. The topological polar surface area (TPSA) is 29.3 Å². The maximum atomic E-state index is 5.62. The highest BCUT2D eigenvalue weighted by Gasteiger charge is 2.06. The summed E-state index contributed by atoms with van der Waals surface area (Å²) in [6.45, 7) is 5.43. The van der Waals surface area contributed by atoms with Crippen LogP contribution in [0.3, 0.4) is 0 Å². The van der Waals surface area contributed by atoms with E-state index in [2.05, 4.69) is 37.9 Å². The zero-order valence-corrected chi connectivity index (χ0v) is 11.8. The van der Waals surface area contributed by atoms with Crippen molar-refractivity contribution in [1.82, 2.24) is 0 Å². The first kappa shape index (κ1) is 14.0. The fraction of sp³-hybridized carbons (Fsp3) is 0.500. The number of nitrogens with zero attached hydrogens (tertiary/aromatic N) is 1. The van der Waals surface area contributed by atoms with E-state index in [0.717, 1.165) is 12.1 Å². The maximum Gasteiger partial charge on any atom is 0.103 e. The first-order chi connectivity index (χ1) is 8.06. The molecule has 0 saturated heterocycles. The number of hydrogen-bond donors (Lipinski definition) is 1. The van der Waals surface area contributed by atoms with Gasteiger partial charge in [0.1, 0.15) is 4.99 Å². The van der Waals surface area contributed by atoms with Crippen LogP contribution in [0.5, 0.6) is 0 Å². The third-order valence-corrected chi connectivity index (χ3v) is 3.23. The molecule has 0 bridgehead atoms. The third-order valence-electron chi connectivity index (χ3n) is 2.99. The van der Waals surface area contributed by atoms with Crippen LogP contribution in [0.4, 0.5) is 5.69 Å². The summed E-state index contributed by atoms with van der Waals surface area (Å²) in [6, 6.07) is 6.17. The van der Waals surface area contributed by atoms with E-state index in [0.29, 0.717) is 4.99 Å². The number of nitrogens with two attached hydrogens (primary N) is 1. The predicted octanol–water partition coefficient (Wildman–Crippen LogP) is 3.26. The van der Waals surface area contributed by atoms with Crippen LogP contribution in [-0.2, 0) is 0 Å². The summed E-state index contributed by atoms with van der Waals surface area (Å²) in [5.74, 6) is 0. The molecule has 3 heteroatoms. The van der Waals surface area contributed by atoms with Gasteiger partial charge in [0.15, 0.2) is 0 Å². The van der Waals surface area contributed by atoms with Crippen molar-refractivity contribution in [2.24, 2.45) is 5.73 Å². The number of hydrogen-bond acceptors (Lipinski definition) is 2. The van der Waals surface area contributed by atoms with Crippen LogP contribution in [0.2, 0.25) is 0 Å². The molecule has 2 nitrogen and oxygen atoms in total. The molecule has 1 rings (SSSR count). The van der Waals surface area contributed by atoms with Crippen molar-refractivity contribution in [2.45, 2.75) is 33.1 Å². The molecule has 0 saturated carbocycles. The summed E-state index contributed by atoms with van der Waals surface area (Å²) < 4.78 is 0. The molecular weight excluding hydrogens is 228 g/mol. The van der Waals surface area contributed by atoms with Crippen molar-refractivity contribution < 1.29 is 0 Å². The second-order valence-electron chi connectivity index (χ2n) is 4.49. The van der Waals surface area contributed by atoms with Gasteiger partial charge in [-0.25, -0.2) is 0 Å². The molecule has 0 unspecified atom stereocenters. The van der Waals surface area contributed by atoms with E-state index in [9.17, 15) is 0 Å². The number of aryl methyl sites for hydroxylation is 1. The summed E-state index contributed by atoms with van der Waals surface area (Å²) in [6.07, 6.45) is 3.78. The zero-order chi connectivity index (χ0) is 12.8. The largest absolute Gasteiger partial charge is 0.389 e. The highest BCUT2D eigenvalue weighted by Crippen LogP contribution is 2.20. The Labute approximate surface area is 110 Å². The first-order valence-electron chi connectivity index (χ1n) is 6.17. The average molecular weight is 250 g/mol. The first-order valence-corrected chi connectivity index (χ1v) is 6.58. The number of rotatable bonds is 6. The number of benzene rings is 1. The quantitative estimate of drug-likeness (QED) is 0.621. The fourth-order valence-corrected chi connectivity index (χ4v) is 2.08. The van der Waals surface area contributed by atoms with Crippen molar-refractivity contribution in [2.75, 3.05) is 18.5 Å². The normalized spacial score (nSPS) is 10.3. The molecule has 0 fully saturated rings. The summed E-state index contributed by atoms with van der Waals surface area (Å²) in [4.78, 5) is 2.77. The van der Waals surface area contributed by atoms with Gasteiger partial charge in [-0.2, -0.15) is 0 Å². The predicted molar refractivity (Wildman–Crippen MR) is 79.9 cm³/mol. The molecule has 1 aromatic carbocycles. The Morgan fingerprint density at radius 2 is 2.06 bits per heavy atom. The van der Waals surface area contributed by atoms with Gasteiger partial charge >= 0.3 is 0 Å². The zero-order valence-electron chi connectivity index (χ0n) is 11.0. The van der Waals surface area contributed by atoms with Crippen molar-refractivity contribution in [3.63, 3.8) is 0 Å². The molecule has 0 radical (unpaired) electrons. The molecule has 0 spiro atoms. The van der Waals surface area contributed by atoms with Crippen LogP contribution in [0, 0.1) is 6.92 Å². The van der Waals surface area contributed by atoms with E-state index in [1.54, 1.807) is 0 Å². The van der Waals surface area contributed by atoms with Gasteiger partial charge in [0.25, 0.3) is 0 Å². The molecule has 0 amide bonds. The van der Waals surface area contributed by atoms with E-state index in [1.807, 2.05) is 6.07 Å². The lowest BCUT2D eigenvalue weighted by atomic mass is 10.1. The Morgan fingerprint density at radius 3 is 2.59 bits per heavy atom. The lowest BCUT2D eigenvalue weighted by molar-refractivity contribution is 0.704. The van der Waals surface area contributed by atoms with Crippen LogP contribution in [0.25, 0.3) is 0 Å². The molecule has 0 aromatic heterocycles.